The van der Waals surface area contributed by atoms with E-state index in [0.29, 0.717) is 5.02 Å². The van der Waals surface area contributed by atoms with Gasteiger partial charge in [-0.15, -0.1) is 0 Å². The fraction of sp³-hybridized carbons (Fsp3) is 0.263. The quantitative estimate of drug-likeness (QED) is 0.673. The lowest BCUT2D eigenvalue weighted by Crippen LogP contribution is -2.40. The summed E-state index contributed by atoms with van der Waals surface area (Å²) in [6.07, 6.45) is -1.07. The maximum Gasteiger partial charge on any atom is 0.417 e. The van der Waals surface area contributed by atoms with Crippen LogP contribution in [0.4, 0.5) is 4.79 Å². The number of halogens is 2. The van der Waals surface area contributed by atoms with Gasteiger partial charge in [-0.1, -0.05) is 57.9 Å². The Bertz CT molecular complexity index is 791. The van der Waals surface area contributed by atoms with Gasteiger partial charge >= 0.3 is 6.09 Å². The van der Waals surface area contributed by atoms with Crippen LogP contribution in [0.2, 0.25) is 5.02 Å². The molecule has 0 N–H and O–H groups in total. The highest BCUT2D eigenvalue weighted by atomic mass is 79.9. The molecule has 6 heteroatoms. The normalized spacial score (nSPS) is 21.1. The summed E-state index contributed by atoms with van der Waals surface area (Å²) in [5, 5.41) is 0.531. The van der Waals surface area contributed by atoms with Crippen LogP contribution in [-0.2, 0) is 9.53 Å². The van der Waals surface area contributed by atoms with E-state index >= 15 is 0 Å². The molecule has 4 nitrogen and oxygen atoms in total. The van der Waals surface area contributed by atoms with Gasteiger partial charge < -0.3 is 4.74 Å². The average molecular weight is 423 g/mol. The van der Waals surface area contributed by atoms with Crippen molar-refractivity contribution in [2.45, 2.75) is 31.9 Å². The number of ether oxygens (including phenoxy) is 1. The fourth-order valence-corrected chi connectivity index (χ4v) is 3.91. The smallest absolute Gasteiger partial charge is 0.417 e. The van der Waals surface area contributed by atoms with Crippen LogP contribution in [0.1, 0.15) is 37.0 Å². The lowest BCUT2D eigenvalue weighted by molar-refractivity contribution is -0.130. The molecular formula is C19H17BrClNO3. The SMILES string of the molecule is C[C@H](C(=O)N1C(=O)O[C@@H](c2ccccc2)[C@H]1C)c1cc(Cl)cc(Br)c1. The van der Waals surface area contributed by atoms with E-state index in [-0.39, 0.29) is 11.9 Å². The predicted molar refractivity (Wildman–Crippen MR) is 99.5 cm³/mol. The summed E-state index contributed by atoms with van der Waals surface area (Å²) in [6.45, 7) is 3.58. The van der Waals surface area contributed by atoms with E-state index in [1.54, 1.807) is 19.1 Å². The van der Waals surface area contributed by atoms with Gasteiger partial charge in [0.05, 0.1) is 12.0 Å². The van der Waals surface area contributed by atoms with Crippen LogP contribution in [0.3, 0.4) is 0 Å². The molecular weight excluding hydrogens is 406 g/mol. The van der Waals surface area contributed by atoms with Gasteiger partial charge in [-0.3, -0.25) is 4.79 Å². The molecule has 130 valence electrons. The summed E-state index contributed by atoms with van der Waals surface area (Å²) in [4.78, 5) is 26.5. The highest BCUT2D eigenvalue weighted by Crippen LogP contribution is 2.35. The van der Waals surface area contributed by atoms with Gasteiger partial charge in [-0.2, -0.15) is 0 Å². The van der Waals surface area contributed by atoms with Crippen molar-refractivity contribution in [1.82, 2.24) is 4.90 Å². The topological polar surface area (TPSA) is 46.6 Å². The molecule has 3 rings (SSSR count). The van der Waals surface area contributed by atoms with Gasteiger partial charge in [0.25, 0.3) is 0 Å². The molecule has 0 saturated carbocycles. The molecule has 1 heterocycles. The van der Waals surface area contributed by atoms with Crippen LogP contribution in [-0.4, -0.2) is 22.9 Å². The summed E-state index contributed by atoms with van der Waals surface area (Å²) >= 11 is 9.45. The van der Waals surface area contributed by atoms with Crippen molar-refractivity contribution in [3.8, 4) is 0 Å². The minimum Gasteiger partial charge on any atom is -0.439 e. The molecule has 3 atom stereocenters. The van der Waals surface area contributed by atoms with E-state index in [0.717, 1.165) is 15.6 Å². The van der Waals surface area contributed by atoms with Crippen molar-refractivity contribution in [3.05, 3.63) is 69.2 Å². The Morgan fingerprint density at radius 2 is 1.92 bits per heavy atom. The molecule has 1 saturated heterocycles. The lowest BCUT2D eigenvalue weighted by Gasteiger charge is -2.23. The summed E-state index contributed by atoms with van der Waals surface area (Å²) < 4.78 is 6.24. The maximum absolute atomic E-state index is 12.9. The molecule has 2 aromatic rings. The number of hydrogen-bond acceptors (Lipinski definition) is 3. The minimum atomic E-state index is -0.612. The number of carbonyl (C=O) groups excluding carboxylic acids is 2. The van der Waals surface area contributed by atoms with Crippen molar-refractivity contribution in [2.75, 3.05) is 0 Å². The largest absolute Gasteiger partial charge is 0.439 e. The first-order chi connectivity index (χ1) is 11.9. The van der Waals surface area contributed by atoms with Gasteiger partial charge in [0.2, 0.25) is 5.91 Å². The molecule has 1 aliphatic rings. The third kappa shape index (κ3) is 3.58. The summed E-state index contributed by atoms with van der Waals surface area (Å²) in [6, 6.07) is 14.4. The zero-order chi connectivity index (χ0) is 18.1. The Kier molecular flexibility index (Phi) is 5.16. The van der Waals surface area contributed by atoms with Crippen molar-refractivity contribution in [2.24, 2.45) is 0 Å². The van der Waals surface area contributed by atoms with E-state index < -0.39 is 18.1 Å². The number of imide groups is 1. The van der Waals surface area contributed by atoms with Gasteiger partial charge in [0.1, 0.15) is 6.10 Å². The molecule has 0 aliphatic carbocycles. The molecule has 0 bridgehead atoms. The maximum atomic E-state index is 12.9. The first-order valence-corrected chi connectivity index (χ1v) is 9.10. The van der Waals surface area contributed by atoms with Gasteiger partial charge in [0, 0.05) is 9.50 Å². The van der Waals surface area contributed by atoms with Crippen LogP contribution in [0.15, 0.2) is 53.0 Å². The molecule has 1 fully saturated rings. The zero-order valence-electron chi connectivity index (χ0n) is 13.8. The molecule has 0 spiro atoms. The highest BCUT2D eigenvalue weighted by molar-refractivity contribution is 9.10. The minimum absolute atomic E-state index is 0.301. The second kappa shape index (κ2) is 7.18. The Morgan fingerprint density at radius 1 is 1.24 bits per heavy atom. The van der Waals surface area contributed by atoms with E-state index in [1.165, 1.54) is 4.90 Å². The number of cyclic esters (lactones) is 1. The second-order valence-electron chi connectivity index (χ2n) is 6.09. The second-order valence-corrected chi connectivity index (χ2v) is 7.44. The van der Waals surface area contributed by atoms with Crippen molar-refractivity contribution >= 4 is 39.5 Å². The van der Waals surface area contributed by atoms with Crippen molar-refractivity contribution < 1.29 is 14.3 Å². The van der Waals surface area contributed by atoms with Crippen molar-refractivity contribution in [3.63, 3.8) is 0 Å². The van der Waals surface area contributed by atoms with Crippen LogP contribution in [0.25, 0.3) is 0 Å². The Hall–Kier alpha value is -1.85. The predicted octanol–water partition coefficient (Wildman–Crippen LogP) is 5.31. The standard InChI is InChI=1S/C19H17BrClNO3/c1-11(14-8-15(20)10-16(21)9-14)18(23)22-12(2)17(25-19(22)24)13-6-4-3-5-7-13/h3-12,17H,1-2H3/t11-,12+,17+/m0/s1. The molecule has 0 radical (unpaired) electrons. The van der Waals surface area contributed by atoms with E-state index in [9.17, 15) is 9.59 Å². The first kappa shape index (κ1) is 18.0. The number of hydrogen-bond donors (Lipinski definition) is 0. The number of rotatable bonds is 3. The van der Waals surface area contributed by atoms with E-state index in [2.05, 4.69) is 15.9 Å². The van der Waals surface area contributed by atoms with E-state index in [1.807, 2.05) is 43.3 Å². The Labute approximate surface area is 159 Å². The van der Waals surface area contributed by atoms with Crippen LogP contribution < -0.4 is 0 Å². The molecule has 25 heavy (non-hydrogen) atoms. The lowest BCUT2D eigenvalue weighted by atomic mass is 9.98. The van der Waals surface area contributed by atoms with Gasteiger partial charge in [-0.25, -0.2) is 9.69 Å². The molecule has 1 aliphatic heterocycles. The molecule has 2 amide bonds. The third-order valence-corrected chi connectivity index (χ3v) is 5.07. The monoisotopic (exact) mass is 421 g/mol. The fourth-order valence-electron chi connectivity index (χ4n) is 3.02. The molecule has 0 aromatic heterocycles. The first-order valence-electron chi connectivity index (χ1n) is 7.93. The highest BCUT2D eigenvalue weighted by Gasteiger charge is 2.44. The van der Waals surface area contributed by atoms with Crippen LogP contribution >= 0.6 is 27.5 Å². The summed E-state index contributed by atoms with van der Waals surface area (Å²) in [7, 11) is 0. The van der Waals surface area contributed by atoms with Crippen LogP contribution in [0, 0.1) is 0 Å². The number of benzene rings is 2. The number of carbonyl (C=O) groups is 2. The Balaban J connectivity index is 1.85. The Morgan fingerprint density at radius 3 is 2.56 bits per heavy atom. The number of amides is 2. The van der Waals surface area contributed by atoms with Gasteiger partial charge in [-0.05, 0) is 43.2 Å². The third-order valence-electron chi connectivity index (χ3n) is 4.39. The molecule has 0 unspecified atom stereocenters. The van der Waals surface area contributed by atoms with Crippen molar-refractivity contribution in [1.29, 1.82) is 0 Å². The van der Waals surface area contributed by atoms with Crippen LogP contribution in [0.5, 0.6) is 0 Å². The van der Waals surface area contributed by atoms with Gasteiger partial charge in [0.15, 0.2) is 0 Å². The molecule has 2 aromatic carbocycles. The average Bonchev–Trinajstić information content (AvgIpc) is 2.88. The zero-order valence-corrected chi connectivity index (χ0v) is 16.1. The summed E-state index contributed by atoms with van der Waals surface area (Å²) in [5.74, 6) is -0.815. The summed E-state index contributed by atoms with van der Waals surface area (Å²) in [5.41, 5.74) is 1.62. The number of nitrogens with zero attached hydrogens (tertiary/aromatic N) is 1. The van der Waals surface area contributed by atoms with E-state index in [4.69, 9.17) is 16.3 Å².